The van der Waals surface area contributed by atoms with Gasteiger partial charge in [-0.25, -0.2) is 0 Å². The van der Waals surface area contributed by atoms with Crippen LogP contribution in [0.3, 0.4) is 0 Å². The van der Waals surface area contributed by atoms with Gasteiger partial charge in [0, 0.05) is 38.6 Å². The summed E-state index contributed by atoms with van der Waals surface area (Å²) in [5, 5.41) is 4.65. The summed E-state index contributed by atoms with van der Waals surface area (Å²) in [5.74, 6) is 0.444. The van der Waals surface area contributed by atoms with Crippen LogP contribution in [-0.4, -0.2) is 4.57 Å². The van der Waals surface area contributed by atoms with E-state index in [0.717, 1.165) is 56.5 Å². The van der Waals surface area contributed by atoms with Crippen LogP contribution in [0.15, 0.2) is 192 Å². The monoisotopic (exact) mass is 718 g/mol. The molecule has 2 heterocycles. The molecule has 0 fully saturated rings. The van der Waals surface area contributed by atoms with Crippen LogP contribution in [0.2, 0.25) is 0 Å². The maximum absolute atomic E-state index is 6.71. The van der Waals surface area contributed by atoms with Crippen LogP contribution in [0.4, 0.5) is 17.1 Å². The molecule has 0 spiro atoms. The molecule has 0 radical (unpaired) electrons. The Morgan fingerprint density at radius 2 is 1.21 bits per heavy atom. The van der Waals surface area contributed by atoms with Gasteiger partial charge in [-0.3, -0.25) is 0 Å². The van der Waals surface area contributed by atoms with Crippen molar-refractivity contribution in [3.05, 3.63) is 199 Å². The number of rotatable bonds is 6. The summed E-state index contributed by atoms with van der Waals surface area (Å²) in [6.45, 7) is 2.34. The fourth-order valence-corrected chi connectivity index (χ4v) is 9.02. The van der Waals surface area contributed by atoms with Crippen molar-refractivity contribution in [3.63, 3.8) is 0 Å². The first-order valence-corrected chi connectivity index (χ1v) is 19.5. The van der Waals surface area contributed by atoms with Crippen molar-refractivity contribution in [2.45, 2.75) is 19.3 Å². The average molecular weight is 719 g/mol. The largest absolute Gasteiger partial charge is 0.454 e. The number of anilines is 3. The number of furan rings is 1. The third kappa shape index (κ3) is 5.12. The van der Waals surface area contributed by atoms with E-state index in [2.05, 4.69) is 204 Å². The molecule has 0 amide bonds. The Labute approximate surface area is 326 Å². The zero-order chi connectivity index (χ0) is 37.2. The topological polar surface area (TPSA) is 21.3 Å². The van der Waals surface area contributed by atoms with Crippen LogP contribution in [0.5, 0.6) is 0 Å². The molecule has 2 aromatic heterocycles. The quantitative estimate of drug-likeness (QED) is 0.171. The van der Waals surface area contributed by atoms with Gasteiger partial charge in [0.1, 0.15) is 5.58 Å². The van der Waals surface area contributed by atoms with Crippen LogP contribution < -0.4 is 4.90 Å². The zero-order valence-corrected chi connectivity index (χ0v) is 31.1. The summed E-state index contributed by atoms with van der Waals surface area (Å²) in [4.78, 5) is 2.41. The summed E-state index contributed by atoms with van der Waals surface area (Å²) in [5.41, 5.74) is 16.1. The lowest BCUT2D eigenvalue weighted by Crippen LogP contribution is -2.14. The standard InChI is InChI=1S/C53H38N2O/c1-35-14-12-15-39-16-13-24-48(50(35)39)54(40-17-4-2-5-18-40)42-32-30-37(31-33-42)36-26-28-38(29-27-36)45-34-46-43-21-9-11-25-49(43)56-53(46)52-51(45)44-22-8-10-23-47(44)55(52)41-19-6-3-7-20-41/h2-13,15-35H,14H2,1H3. The van der Waals surface area contributed by atoms with E-state index in [-0.39, 0.29) is 0 Å². The Morgan fingerprint density at radius 3 is 2.00 bits per heavy atom. The van der Waals surface area contributed by atoms with E-state index in [1.165, 1.54) is 49.8 Å². The highest BCUT2D eigenvalue weighted by Gasteiger charge is 2.24. The molecule has 1 aliphatic rings. The first-order chi connectivity index (χ1) is 27.7. The average Bonchev–Trinajstić information content (AvgIpc) is 3.81. The molecular formula is C53H38N2O. The summed E-state index contributed by atoms with van der Waals surface area (Å²) in [6, 6.07) is 65.6. The summed E-state index contributed by atoms with van der Waals surface area (Å²) in [7, 11) is 0. The van der Waals surface area contributed by atoms with Crippen molar-refractivity contribution in [3.8, 4) is 27.9 Å². The van der Waals surface area contributed by atoms with Crippen molar-refractivity contribution < 1.29 is 4.42 Å². The molecule has 1 aliphatic carbocycles. The van der Waals surface area contributed by atoms with Gasteiger partial charge in [0.25, 0.3) is 0 Å². The highest BCUT2D eigenvalue weighted by molar-refractivity contribution is 6.26. The van der Waals surface area contributed by atoms with Crippen LogP contribution >= 0.6 is 0 Å². The first-order valence-electron chi connectivity index (χ1n) is 19.5. The molecule has 56 heavy (non-hydrogen) atoms. The predicted octanol–water partition coefficient (Wildman–Crippen LogP) is 15.0. The van der Waals surface area contributed by atoms with Crippen molar-refractivity contribution in [2.24, 2.45) is 0 Å². The van der Waals surface area contributed by atoms with Crippen LogP contribution in [0.25, 0.3) is 77.8 Å². The van der Waals surface area contributed by atoms with Gasteiger partial charge in [-0.15, -0.1) is 0 Å². The molecule has 0 saturated carbocycles. The number of para-hydroxylation sites is 4. The normalized spacial score (nSPS) is 13.8. The Bertz CT molecular complexity index is 3100. The molecule has 10 aromatic rings. The highest BCUT2D eigenvalue weighted by atomic mass is 16.3. The molecule has 1 unspecified atom stereocenters. The maximum atomic E-state index is 6.71. The molecule has 11 rings (SSSR count). The Kier molecular flexibility index (Phi) is 7.53. The molecule has 1 atom stereocenters. The van der Waals surface area contributed by atoms with Gasteiger partial charge < -0.3 is 13.9 Å². The number of hydrogen-bond acceptors (Lipinski definition) is 2. The molecule has 0 N–H and O–H groups in total. The molecule has 3 heteroatoms. The Morgan fingerprint density at radius 1 is 0.571 bits per heavy atom. The Balaban J connectivity index is 1.04. The molecule has 266 valence electrons. The number of aromatic nitrogens is 1. The Hall–Kier alpha value is -7.10. The fraction of sp³-hybridized carbons (Fsp3) is 0.0566. The van der Waals surface area contributed by atoms with E-state index in [9.17, 15) is 0 Å². The van der Waals surface area contributed by atoms with Crippen LogP contribution in [0, 0.1) is 0 Å². The highest BCUT2D eigenvalue weighted by Crippen LogP contribution is 2.46. The van der Waals surface area contributed by atoms with Gasteiger partial charge in [0.05, 0.1) is 16.7 Å². The minimum atomic E-state index is 0.444. The summed E-state index contributed by atoms with van der Waals surface area (Å²) in [6.07, 6.45) is 5.62. The summed E-state index contributed by atoms with van der Waals surface area (Å²) < 4.78 is 9.08. The van der Waals surface area contributed by atoms with Crippen molar-refractivity contribution in [1.29, 1.82) is 0 Å². The van der Waals surface area contributed by atoms with Crippen molar-refractivity contribution >= 4 is 66.9 Å². The number of hydrogen-bond donors (Lipinski definition) is 0. The number of allylic oxidation sites excluding steroid dienone is 1. The van der Waals surface area contributed by atoms with Crippen LogP contribution in [-0.2, 0) is 0 Å². The van der Waals surface area contributed by atoms with Gasteiger partial charge in [0.2, 0.25) is 0 Å². The first kappa shape index (κ1) is 32.3. The van der Waals surface area contributed by atoms with E-state index in [1.54, 1.807) is 0 Å². The zero-order valence-electron chi connectivity index (χ0n) is 31.1. The third-order valence-corrected chi connectivity index (χ3v) is 11.6. The van der Waals surface area contributed by atoms with E-state index in [0.29, 0.717) is 5.92 Å². The van der Waals surface area contributed by atoms with Gasteiger partial charge in [0.15, 0.2) is 5.58 Å². The molecule has 0 aliphatic heterocycles. The number of benzene rings is 8. The second-order valence-corrected chi connectivity index (χ2v) is 14.9. The van der Waals surface area contributed by atoms with E-state index in [4.69, 9.17) is 4.42 Å². The molecule has 8 aromatic carbocycles. The van der Waals surface area contributed by atoms with E-state index < -0.39 is 0 Å². The van der Waals surface area contributed by atoms with Gasteiger partial charge in [-0.2, -0.15) is 0 Å². The lowest BCUT2D eigenvalue weighted by Gasteiger charge is -2.31. The maximum Gasteiger partial charge on any atom is 0.160 e. The number of nitrogens with zero attached hydrogens (tertiary/aromatic N) is 2. The predicted molar refractivity (Wildman–Crippen MR) is 236 cm³/mol. The van der Waals surface area contributed by atoms with E-state index in [1.807, 2.05) is 6.07 Å². The van der Waals surface area contributed by atoms with Gasteiger partial charge >= 0.3 is 0 Å². The molecule has 0 saturated heterocycles. The minimum absolute atomic E-state index is 0.444. The van der Waals surface area contributed by atoms with Crippen molar-refractivity contribution in [2.75, 3.05) is 4.90 Å². The smallest absolute Gasteiger partial charge is 0.160 e. The SMILES string of the molecule is CC1CC=Cc2cccc(N(c3ccccc3)c3ccc(-c4ccc(-c5cc6c7ccccc7oc6c6c5c5ccccc5n6-c5ccccc5)cc4)cc3)c21. The molecular weight excluding hydrogens is 681 g/mol. The fourth-order valence-electron chi connectivity index (χ4n) is 9.02. The molecule has 0 bridgehead atoms. The van der Waals surface area contributed by atoms with Crippen LogP contribution in [0.1, 0.15) is 30.4 Å². The van der Waals surface area contributed by atoms with Gasteiger partial charge in [-0.1, -0.05) is 140 Å². The lowest BCUT2D eigenvalue weighted by atomic mass is 9.86. The lowest BCUT2D eigenvalue weighted by molar-refractivity contribution is 0.671. The third-order valence-electron chi connectivity index (χ3n) is 11.6. The number of fused-ring (bicyclic) bond motifs is 8. The summed E-state index contributed by atoms with van der Waals surface area (Å²) >= 11 is 0. The second kappa shape index (κ2) is 13.0. The van der Waals surface area contributed by atoms with Crippen molar-refractivity contribution in [1.82, 2.24) is 4.57 Å². The molecule has 3 nitrogen and oxygen atoms in total. The van der Waals surface area contributed by atoms with E-state index >= 15 is 0 Å². The second-order valence-electron chi connectivity index (χ2n) is 14.9. The van der Waals surface area contributed by atoms with Gasteiger partial charge in [-0.05, 0) is 106 Å². The minimum Gasteiger partial charge on any atom is -0.454 e.